The van der Waals surface area contributed by atoms with Crippen LogP contribution >= 0.6 is 0 Å². The van der Waals surface area contributed by atoms with Crippen LogP contribution in [0.3, 0.4) is 0 Å². The number of ether oxygens (including phenoxy) is 1. The van der Waals surface area contributed by atoms with Crippen molar-refractivity contribution in [3.8, 4) is 11.8 Å². The predicted molar refractivity (Wildman–Crippen MR) is 122 cm³/mol. The van der Waals surface area contributed by atoms with Gasteiger partial charge in [0.15, 0.2) is 0 Å². The number of hydrogen-bond acceptors (Lipinski definition) is 5. The van der Waals surface area contributed by atoms with E-state index < -0.39 is 0 Å². The molecule has 0 bridgehead atoms. The first kappa shape index (κ1) is 22.0. The maximum atomic E-state index is 13.0. The number of benzene rings is 2. The summed E-state index contributed by atoms with van der Waals surface area (Å²) >= 11 is 0. The highest BCUT2D eigenvalue weighted by Crippen LogP contribution is 2.19. The zero-order valence-corrected chi connectivity index (χ0v) is 18.2. The van der Waals surface area contributed by atoms with Crippen molar-refractivity contribution < 1.29 is 14.3 Å². The molecule has 3 aromatic rings. The Morgan fingerprint density at radius 1 is 0.939 bits per heavy atom. The Morgan fingerprint density at radius 2 is 1.70 bits per heavy atom. The van der Waals surface area contributed by atoms with Crippen molar-refractivity contribution in [1.82, 2.24) is 14.8 Å². The lowest BCUT2D eigenvalue weighted by Gasteiger charge is -2.35. The number of carbonyl (C=O) groups excluding carboxylic acids is 2. The highest BCUT2D eigenvalue weighted by atomic mass is 16.5. The Labute approximate surface area is 192 Å². The fraction of sp³-hybridized carbons (Fsp3) is 0.231. The third-order valence-electron chi connectivity index (χ3n) is 5.59. The average molecular weight is 441 g/mol. The number of carbonyl (C=O) groups is 2. The molecule has 0 N–H and O–H groups in total. The molecule has 1 fully saturated rings. The van der Waals surface area contributed by atoms with Crippen LogP contribution < -0.4 is 4.74 Å². The molecule has 0 atom stereocenters. The molecule has 1 aliphatic heterocycles. The fourth-order valence-electron chi connectivity index (χ4n) is 3.75. The van der Waals surface area contributed by atoms with Gasteiger partial charge in [0.25, 0.3) is 5.91 Å². The molecular formula is C26H24N4O3. The van der Waals surface area contributed by atoms with Crippen LogP contribution in [-0.4, -0.2) is 52.8 Å². The molecule has 4 rings (SSSR count). The average Bonchev–Trinajstić information content (AvgIpc) is 2.88. The molecule has 0 aliphatic carbocycles. The van der Waals surface area contributed by atoms with E-state index in [1.54, 1.807) is 46.3 Å². The molecule has 0 saturated carbocycles. The van der Waals surface area contributed by atoms with E-state index in [4.69, 9.17) is 4.74 Å². The summed E-state index contributed by atoms with van der Waals surface area (Å²) in [5.74, 6) is 0.501. The Morgan fingerprint density at radius 3 is 2.45 bits per heavy atom. The van der Waals surface area contributed by atoms with Gasteiger partial charge in [0.2, 0.25) is 5.91 Å². The third-order valence-corrected chi connectivity index (χ3v) is 5.59. The minimum absolute atomic E-state index is 0.0221. The zero-order chi connectivity index (χ0) is 23.0. The Balaban J connectivity index is 1.32. The SMILES string of the molecule is N#Cc1ccccc1COc1cccc(C(=O)N2CCN(C(=O)Cc3ccccn3)CC2)c1. The second-order valence-corrected chi connectivity index (χ2v) is 7.76. The molecular weight excluding hydrogens is 416 g/mol. The van der Waals surface area contributed by atoms with Crippen LogP contribution in [0.1, 0.15) is 27.2 Å². The van der Waals surface area contributed by atoms with Crippen molar-refractivity contribution >= 4 is 11.8 Å². The summed E-state index contributed by atoms with van der Waals surface area (Å²) in [5, 5.41) is 9.22. The fourth-order valence-corrected chi connectivity index (χ4v) is 3.75. The van der Waals surface area contributed by atoms with E-state index in [-0.39, 0.29) is 24.8 Å². The number of hydrogen-bond donors (Lipinski definition) is 0. The van der Waals surface area contributed by atoms with E-state index in [1.807, 2.05) is 36.4 Å². The van der Waals surface area contributed by atoms with Crippen LogP contribution in [0.2, 0.25) is 0 Å². The molecule has 7 heteroatoms. The molecule has 33 heavy (non-hydrogen) atoms. The second-order valence-electron chi connectivity index (χ2n) is 7.76. The molecule has 1 saturated heterocycles. The summed E-state index contributed by atoms with van der Waals surface area (Å²) in [5.41, 5.74) is 2.65. The summed E-state index contributed by atoms with van der Waals surface area (Å²) < 4.78 is 5.84. The van der Waals surface area contributed by atoms with Gasteiger partial charge in [-0.05, 0) is 36.4 Å². The van der Waals surface area contributed by atoms with Gasteiger partial charge in [-0.3, -0.25) is 14.6 Å². The topological polar surface area (TPSA) is 86.5 Å². The zero-order valence-electron chi connectivity index (χ0n) is 18.2. The summed E-state index contributed by atoms with van der Waals surface area (Å²) in [6.45, 7) is 2.20. The number of nitrogens with zero attached hydrogens (tertiary/aromatic N) is 4. The van der Waals surface area contributed by atoms with E-state index in [9.17, 15) is 14.9 Å². The van der Waals surface area contributed by atoms with Gasteiger partial charge in [0, 0.05) is 49.2 Å². The Hall–Kier alpha value is -4.18. The van der Waals surface area contributed by atoms with Gasteiger partial charge in [-0.2, -0.15) is 5.26 Å². The number of amides is 2. The minimum Gasteiger partial charge on any atom is -0.489 e. The maximum absolute atomic E-state index is 13.0. The maximum Gasteiger partial charge on any atom is 0.254 e. The van der Waals surface area contributed by atoms with Gasteiger partial charge in [0.1, 0.15) is 12.4 Å². The van der Waals surface area contributed by atoms with Crippen LogP contribution in [0.25, 0.3) is 0 Å². The number of aromatic nitrogens is 1. The quantitative estimate of drug-likeness (QED) is 0.588. The van der Waals surface area contributed by atoms with Crippen molar-refractivity contribution in [3.05, 3.63) is 95.3 Å². The third kappa shape index (κ3) is 5.55. The minimum atomic E-state index is -0.0882. The molecule has 0 unspecified atom stereocenters. The molecule has 0 spiro atoms. The lowest BCUT2D eigenvalue weighted by molar-refractivity contribution is -0.132. The van der Waals surface area contributed by atoms with Crippen LogP contribution in [0.4, 0.5) is 0 Å². The summed E-state index contributed by atoms with van der Waals surface area (Å²) in [4.78, 5) is 33.3. The molecule has 2 heterocycles. The summed E-state index contributed by atoms with van der Waals surface area (Å²) in [6.07, 6.45) is 1.95. The number of piperazine rings is 1. The predicted octanol–water partition coefficient (Wildman–Crippen LogP) is 3.06. The first-order valence-corrected chi connectivity index (χ1v) is 10.8. The summed E-state index contributed by atoms with van der Waals surface area (Å²) in [6, 6.07) is 22.0. The molecule has 1 aromatic heterocycles. The smallest absolute Gasteiger partial charge is 0.254 e. The lowest BCUT2D eigenvalue weighted by Crippen LogP contribution is -2.51. The van der Waals surface area contributed by atoms with Crippen LogP contribution in [-0.2, 0) is 17.8 Å². The van der Waals surface area contributed by atoms with E-state index >= 15 is 0 Å². The van der Waals surface area contributed by atoms with E-state index in [0.717, 1.165) is 11.3 Å². The van der Waals surface area contributed by atoms with Gasteiger partial charge in [-0.1, -0.05) is 30.3 Å². The van der Waals surface area contributed by atoms with E-state index in [1.165, 1.54) is 0 Å². The van der Waals surface area contributed by atoms with E-state index in [2.05, 4.69) is 11.1 Å². The van der Waals surface area contributed by atoms with Gasteiger partial charge in [-0.15, -0.1) is 0 Å². The second kappa shape index (κ2) is 10.4. The molecule has 1 aliphatic rings. The van der Waals surface area contributed by atoms with Gasteiger partial charge >= 0.3 is 0 Å². The standard InChI is InChI=1S/C26H24N4O3/c27-18-21-6-1-2-7-22(21)19-33-24-10-5-8-20(16-24)26(32)30-14-12-29(13-15-30)25(31)17-23-9-3-4-11-28-23/h1-11,16H,12-15,17,19H2. The first-order valence-electron chi connectivity index (χ1n) is 10.8. The molecule has 7 nitrogen and oxygen atoms in total. The number of rotatable bonds is 6. The van der Waals surface area contributed by atoms with Crippen molar-refractivity contribution in [2.45, 2.75) is 13.0 Å². The first-order chi connectivity index (χ1) is 16.1. The monoisotopic (exact) mass is 440 g/mol. The van der Waals surface area contributed by atoms with Gasteiger partial charge in [-0.25, -0.2) is 0 Å². The van der Waals surface area contributed by atoms with Crippen molar-refractivity contribution in [1.29, 1.82) is 5.26 Å². The Bertz CT molecular complexity index is 1170. The van der Waals surface area contributed by atoms with Crippen molar-refractivity contribution in [2.24, 2.45) is 0 Å². The normalized spacial score (nSPS) is 13.3. The van der Waals surface area contributed by atoms with Crippen LogP contribution in [0.15, 0.2) is 72.9 Å². The van der Waals surface area contributed by atoms with Crippen LogP contribution in [0.5, 0.6) is 5.75 Å². The summed E-state index contributed by atoms with van der Waals surface area (Å²) in [7, 11) is 0. The lowest BCUT2D eigenvalue weighted by atomic mass is 10.1. The molecule has 2 amide bonds. The molecule has 2 aromatic carbocycles. The molecule has 166 valence electrons. The molecule has 0 radical (unpaired) electrons. The van der Waals surface area contributed by atoms with Crippen molar-refractivity contribution in [3.63, 3.8) is 0 Å². The van der Waals surface area contributed by atoms with Gasteiger partial charge < -0.3 is 14.5 Å². The van der Waals surface area contributed by atoms with Crippen molar-refractivity contribution in [2.75, 3.05) is 26.2 Å². The Kier molecular flexibility index (Phi) is 6.96. The van der Waals surface area contributed by atoms with Gasteiger partial charge in [0.05, 0.1) is 18.1 Å². The largest absolute Gasteiger partial charge is 0.489 e. The number of pyridine rings is 1. The number of nitriles is 1. The highest BCUT2D eigenvalue weighted by Gasteiger charge is 2.25. The van der Waals surface area contributed by atoms with E-state index in [0.29, 0.717) is 43.1 Å². The highest BCUT2D eigenvalue weighted by molar-refractivity contribution is 5.94. The van der Waals surface area contributed by atoms with Crippen LogP contribution in [0, 0.1) is 11.3 Å².